The van der Waals surface area contributed by atoms with Gasteiger partial charge in [-0.3, -0.25) is 24.7 Å². The van der Waals surface area contributed by atoms with Crippen molar-refractivity contribution in [1.82, 2.24) is 30.0 Å². The van der Waals surface area contributed by atoms with Gasteiger partial charge in [0.15, 0.2) is 5.13 Å². The third-order valence-corrected chi connectivity index (χ3v) is 7.37. The Morgan fingerprint density at radius 1 is 1.17 bits per heavy atom. The van der Waals surface area contributed by atoms with Crippen LogP contribution in [0.5, 0.6) is 0 Å². The Balaban J connectivity index is 1.24. The van der Waals surface area contributed by atoms with Gasteiger partial charge in [-0.25, -0.2) is 4.98 Å². The molecule has 3 N–H and O–H groups in total. The van der Waals surface area contributed by atoms with Gasteiger partial charge in [0.1, 0.15) is 0 Å². The van der Waals surface area contributed by atoms with Crippen LogP contribution in [-0.4, -0.2) is 86.9 Å². The number of nitrogens with one attached hydrogen (secondary N) is 2. The molecule has 0 aliphatic carbocycles. The summed E-state index contributed by atoms with van der Waals surface area (Å²) >= 11 is 1.48. The Labute approximate surface area is 213 Å². The molecule has 0 atom stereocenters. The number of hydrogen-bond donors (Lipinski definition) is 3. The quantitative estimate of drug-likeness (QED) is 0.339. The summed E-state index contributed by atoms with van der Waals surface area (Å²) in [6.07, 6.45) is 5.67. The van der Waals surface area contributed by atoms with Gasteiger partial charge in [0, 0.05) is 44.3 Å². The molecule has 36 heavy (non-hydrogen) atoms. The zero-order chi connectivity index (χ0) is 24.9. The van der Waals surface area contributed by atoms with E-state index >= 15 is 0 Å². The number of aromatic nitrogens is 4. The van der Waals surface area contributed by atoms with Crippen LogP contribution in [0.1, 0.15) is 17.1 Å². The number of amides is 1. The molecule has 0 spiro atoms. The maximum Gasteiger partial charge on any atom is 0.240 e. The van der Waals surface area contributed by atoms with Gasteiger partial charge < -0.3 is 10.4 Å². The number of thiazole rings is 1. The largest absolute Gasteiger partial charge is 0.395 e. The van der Waals surface area contributed by atoms with E-state index in [1.807, 2.05) is 37.3 Å². The van der Waals surface area contributed by atoms with Crippen LogP contribution in [0.2, 0.25) is 0 Å². The molecule has 0 radical (unpaired) electrons. The first-order chi connectivity index (χ1) is 17.6. The number of pyridine rings is 1. The summed E-state index contributed by atoms with van der Waals surface area (Å²) in [5, 5.41) is 21.3. The number of nitrogens with zero attached hydrogens (tertiary/aromatic N) is 5. The fourth-order valence-electron chi connectivity index (χ4n) is 4.34. The minimum absolute atomic E-state index is 0.0562. The Kier molecular flexibility index (Phi) is 7.47. The molecule has 0 unspecified atom stereocenters. The van der Waals surface area contributed by atoms with Crippen LogP contribution >= 0.6 is 11.3 Å². The molecule has 9 nitrogen and oxygen atoms in total. The van der Waals surface area contributed by atoms with Crippen molar-refractivity contribution in [2.24, 2.45) is 0 Å². The summed E-state index contributed by atoms with van der Waals surface area (Å²) in [4.78, 5) is 26.9. The van der Waals surface area contributed by atoms with Gasteiger partial charge in [0.25, 0.3) is 0 Å². The van der Waals surface area contributed by atoms with E-state index < -0.39 is 0 Å². The molecule has 10 heteroatoms. The molecule has 1 aromatic carbocycles. The maximum absolute atomic E-state index is 12.6. The summed E-state index contributed by atoms with van der Waals surface area (Å²) in [6, 6.07) is 12.0. The highest BCUT2D eigenvalue weighted by Crippen LogP contribution is 2.34. The molecule has 4 heterocycles. The van der Waals surface area contributed by atoms with E-state index in [0.717, 1.165) is 64.6 Å². The number of aryl methyl sites for hydroxylation is 1. The first kappa shape index (κ1) is 24.3. The van der Waals surface area contributed by atoms with Crippen molar-refractivity contribution in [1.29, 1.82) is 0 Å². The van der Waals surface area contributed by atoms with Crippen LogP contribution in [-0.2, 0) is 4.79 Å². The van der Waals surface area contributed by atoms with Gasteiger partial charge >= 0.3 is 0 Å². The van der Waals surface area contributed by atoms with Crippen LogP contribution < -0.4 is 5.32 Å². The average Bonchev–Trinajstić information content (AvgIpc) is 3.46. The number of carbonyl (C=O) groups excluding carboxylic acids is 1. The zero-order valence-electron chi connectivity index (χ0n) is 20.1. The van der Waals surface area contributed by atoms with Crippen molar-refractivity contribution >= 4 is 45.4 Å². The highest BCUT2D eigenvalue weighted by Gasteiger charge is 2.20. The molecular weight excluding hydrogens is 474 g/mol. The second-order valence-corrected chi connectivity index (χ2v) is 9.78. The Bertz CT molecular complexity index is 1360. The van der Waals surface area contributed by atoms with Crippen molar-refractivity contribution < 1.29 is 9.90 Å². The summed E-state index contributed by atoms with van der Waals surface area (Å²) in [7, 11) is 0. The number of aromatic amines is 1. The van der Waals surface area contributed by atoms with E-state index in [0.29, 0.717) is 18.2 Å². The third kappa shape index (κ3) is 5.68. The molecule has 0 bridgehead atoms. The molecule has 1 fully saturated rings. The van der Waals surface area contributed by atoms with E-state index in [1.165, 1.54) is 11.3 Å². The van der Waals surface area contributed by atoms with Gasteiger partial charge in [-0.15, -0.1) is 0 Å². The number of hydrogen-bond acceptors (Lipinski definition) is 8. The Hall–Kier alpha value is -3.44. The lowest BCUT2D eigenvalue weighted by atomic mass is 10.1. The highest BCUT2D eigenvalue weighted by atomic mass is 32.1. The summed E-state index contributed by atoms with van der Waals surface area (Å²) in [5.41, 5.74) is 4.58. The number of aliphatic hydroxyl groups is 1. The molecule has 5 rings (SSSR count). The van der Waals surface area contributed by atoms with E-state index in [4.69, 9.17) is 5.11 Å². The molecule has 1 amide bonds. The normalized spacial score (nSPS) is 15.2. The smallest absolute Gasteiger partial charge is 0.240 e. The van der Waals surface area contributed by atoms with E-state index in [1.54, 1.807) is 6.20 Å². The van der Waals surface area contributed by atoms with E-state index in [9.17, 15) is 4.79 Å². The van der Waals surface area contributed by atoms with Crippen LogP contribution in [0.15, 0.2) is 42.6 Å². The monoisotopic (exact) mass is 503 g/mol. The molecule has 1 saturated heterocycles. The van der Waals surface area contributed by atoms with Gasteiger partial charge in [0.05, 0.1) is 40.6 Å². The Morgan fingerprint density at radius 2 is 2.00 bits per heavy atom. The number of fused-ring (bicyclic) bond motifs is 1. The number of aliphatic hydroxyl groups excluding tert-OH is 1. The average molecular weight is 504 g/mol. The fourth-order valence-corrected chi connectivity index (χ4v) is 5.32. The van der Waals surface area contributed by atoms with Crippen molar-refractivity contribution in [2.75, 3.05) is 51.2 Å². The number of H-pyrrole nitrogens is 1. The molecule has 4 aromatic rings. The molecule has 3 aromatic heterocycles. The summed E-state index contributed by atoms with van der Waals surface area (Å²) in [5.74, 6) is -0.0562. The van der Waals surface area contributed by atoms with Crippen LogP contribution in [0, 0.1) is 6.92 Å². The van der Waals surface area contributed by atoms with Crippen molar-refractivity contribution in [2.45, 2.75) is 6.92 Å². The lowest BCUT2D eigenvalue weighted by Crippen LogP contribution is -2.49. The van der Waals surface area contributed by atoms with E-state index in [2.05, 4.69) is 53.5 Å². The minimum atomic E-state index is -0.0562. The number of β-amino-alcohol motifs (C(OH)–C–C–N with tert-alkyl or cyclic N) is 1. The fraction of sp³-hybridized carbons (Fsp3) is 0.308. The van der Waals surface area contributed by atoms with Gasteiger partial charge in [-0.05, 0) is 48.9 Å². The lowest BCUT2D eigenvalue weighted by Gasteiger charge is -2.33. The lowest BCUT2D eigenvalue weighted by molar-refractivity contribution is -0.117. The van der Waals surface area contributed by atoms with Gasteiger partial charge in [0.2, 0.25) is 5.91 Å². The minimum Gasteiger partial charge on any atom is -0.395 e. The Morgan fingerprint density at radius 3 is 2.78 bits per heavy atom. The highest BCUT2D eigenvalue weighted by molar-refractivity contribution is 7.19. The predicted molar refractivity (Wildman–Crippen MR) is 144 cm³/mol. The van der Waals surface area contributed by atoms with Crippen molar-refractivity contribution in [3.8, 4) is 10.4 Å². The summed E-state index contributed by atoms with van der Waals surface area (Å²) < 4.78 is 0. The topological polar surface area (TPSA) is 110 Å². The predicted octanol–water partition coefficient (Wildman–Crippen LogP) is 3.11. The first-order valence-corrected chi connectivity index (χ1v) is 12.8. The summed E-state index contributed by atoms with van der Waals surface area (Å²) in [6.45, 7) is 6.53. The van der Waals surface area contributed by atoms with E-state index in [-0.39, 0.29) is 12.5 Å². The van der Waals surface area contributed by atoms with Gasteiger partial charge in [-0.2, -0.15) is 5.10 Å². The number of anilines is 1. The van der Waals surface area contributed by atoms with Crippen LogP contribution in [0.4, 0.5) is 5.13 Å². The zero-order valence-corrected chi connectivity index (χ0v) is 21.0. The number of rotatable bonds is 8. The van der Waals surface area contributed by atoms with Crippen molar-refractivity contribution in [3.05, 3.63) is 59.7 Å². The van der Waals surface area contributed by atoms with Crippen LogP contribution in [0.25, 0.3) is 33.5 Å². The SMILES string of the molecule is Cc1nc(NC(=O)CN2CCN(CCO)CC2)sc1-c1ccc2c(/C=C/c3ccccn3)n[nH]c2c1. The van der Waals surface area contributed by atoms with Gasteiger partial charge in [-0.1, -0.05) is 23.5 Å². The standard InChI is InChI=1S/C26H29N7O2S/c1-18-25(36-26(28-18)29-24(35)17-33-12-10-32(11-13-33)14-15-34)19-5-7-21-22(30-31-23(21)16-19)8-6-20-4-2-3-9-27-20/h2-9,16,34H,10-15,17H2,1H3,(H,30,31)(H,28,29,35)/b8-6+. The molecule has 0 saturated carbocycles. The first-order valence-electron chi connectivity index (χ1n) is 12.0. The molecular formula is C26H29N7O2S. The van der Waals surface area contributed by atoms with Crippen LogP contribution in [0.3, 0.4) is 0 Å². The third-order valence-electron chi connectivity index (χ3n) is 6.25. The molecule has 1 aliphatic rings. The number of piperazine rings is 1. The van der Waals surface area contributed by atoms with Crippen molar-refractivity contribution in [3.63, 3.8) is 0 Å². The maximum atomic E-state index is 12.6. The number of benzene rings is 1. The second kappa shape index (κ2) is 11.1. The second-order valence-electron chi connectivity index (χ2n) is 8.78. The number of carbonyl (C=O) groups is 1. The molecule has 186 valence electrons. The molecule has 1 aliphatic heterocycles.